The summed E-state index contributed by atoms with van der Waals surface area (Å²) in [6, 6.07) is 8.53. The van der Waals surface area contributed by atoms with Gasteiger partial charge in [-0.3, -0.25) is 0 Å². The molecule has 0 saturated carbocycles. The van der Waals surface area contributed by atoms with E-state index in [9.17, 15) is 0 Å². The summed E-state index contributed by atoms with van der Waals surface area (Å²) in [5.41, 5.74) is 1.13. The molecule has 4 heteroatoms. The molecule has 1 heterocycles. The number of ether oxygens (including phenoxy) is 3. The Hall–Kier alpha value is -1.10. The van der Waals surface area contributed by atoms with E-state index in [4.69, 9.17) is 14.2 Å². The molecular weight excluding hydrogens is 266 g/mol. The Balaban J connectivity index is 2.15. The summed E-state index contributed by atoms with van der Waals surface area (Å²) in [5.74, 6) is 0.903. The van der Waals surface area contributed by atoms with Gasteiger partial charge in [0.1, 0.15) is 5.75 Å². The normalized spacial score (nSPS) is 19.2. The van der Waals surface area contributed by atoms with Crippen LogP contribution in [0.15, 0.2) is 24.3 Å². The van der Waals surface area contributed by atoms with E-state index in [0.717, 1.165) is 44.8 Å². The first-order valence-corrected chi connectivity index (χ1v) is 7.76. The number of rotatable bonds is 7. The third-order valence-electron chi connectivity index (χ3n) is 4.33. The van der Waals surface area contributed by atoms with Crippen LogP contribution in [0.4, 0.5) is 0 Å². The highest BCUT2D eigenvalue weighted by molar-refractivity contribution is 5.29. The molecule has 1 aliphatic rings. The molecular formula is C17H27NO3. The topological polar surface area (TPSA) is 39.7 Å². The minimum Gasteiger partial charge on any atom is -0.497 e. The minimum atomic E-state index is -0.134. The van der Waals surface area contributed by atoms with Crippen LogP contribution >= 0.6 is 0 Å². The fraction of sp³-hybridized carbons (Fsp3) is 0.647. The SMILES string of the molecule is CCOC1(C(Cc2cccc(OC)c2)NC)CCOCC1. The molecule has 1 saturated heterocycles. The van der Waals surface area contributed by atoms with E-state index in [-0.39, 0.29) is 11.6 Å². The summed E-state index contributed by atoms with van der Waals surface area (Å²) in [4.78, 5) is 0. The summed E-state index contributed by atoms with van der Waals surface area (Å²) < 4.78 is 17.0. The molecule has 118 valence electrons. The van der Waals surface area contributed by atoms with E-state index in [1.54, 1.807) is 7.11 Å². The first-order valence-electron chi connectivity index (χ1n) is 7.76. The molecule has 1 fully saturated rings. The molecule has 0 aliphatic carbocycles. The Morgan fingerprint density at radius 2 is 2.10 bits per heavy atom. The highest BCUT2D eigenvalue weighted by Gasteiger charge is 2.40. The van der Waals surface area contributed by atoms with Crippen molar-refractivity contribution >= 4 is 0 Å². The zero-order chi connectivity index (χ0) is 15.1. The van der Waals surface area contributed by atoms with Gasteiger partial charge in [0.15, 0.2) is 0 Å². The van der Waals surface area contributed by atoms with Gasteiger partial charge in [-0.1, -0.05) is 12.1 Å². The van der Waals surface area contributed by atoms with Gasteiger partial charge in [-0.25, -0.2) is 0 Å². The first-order chi connectivity index (χ1) is 10.2. The number of nitrogens with one attached hydrogen (secondary N) is 1. The number of hydrogen-bond acceptors (Lipinski definition) is 4. The Morgan fingerprint density at radius 3 is 2.71 bits per heavy atom. The van der Waals surface area contributed by atoms with Gasteiger partial charge < -0.3 is 19.5 Å². The van der Waals surface area contributed by atoms with Crippen molar-refractivity contribution < 1.29 is 14.2 Å². The van der Waals surface area contributed by atoms with Gasteiger partial charge in [0.2, 0.25) is 0 Å². The van der Waals surface area contributed by atoms with Crippen LogP contribution in [0, 0.1) is 0 Å². The van der Waals surface area contributed by atoms with Crippen LogP contribution < -0.4 is 10.1 Å². The molecule has 1 unspecified atom stereocenters. The van der Waals surface area contributed by atoms with Crippen LogP contribution in [0.1, 0.15) is 25.3 Å². The quantitative estimate of drug-likeness (QED) is 0.838. The molecule has 1 aliphatic heterocycles. The lowest BCUT2D eigenvalue weighted by Crippen LogP contribution is -2.55. The van der Waals surface area contributed by atoms with Crippen LogP contribution in [-0.2, 0) is 15.9 Å². The smallest absolute Gasteiger partial charge is 0.119 e. The maximum absolute atomic E-state index is 6.18. The van der Waals surface area contributed by atoms with E-state index in [1.807, 2.05) is 19.2 Å². The van der Waals surface area contributed by atoms with Crippen LogP contribution in [-0.4, -0.2) is 45.6 Å². The second-order valence-electron chi connectivity index (χ2n) is 5.51. The molecule has 0 aromatic heterocycles. The number of benzene rings is 1. The lowest BCUT2D eigenvalue weighted by molar-refractivity contribution is -0.125. The van der Waals surface area contributed by atoms with E-state index >= 15 is 0 Å². The van der Waals surface area contributed by atoms with Crippen molar-refractivity contribution in [3.8, 4) is 5.75 Å². The highest BCUT2D eigenvalue weighted by atomic mass is 16.5. The average Bonchev–Trinajstić information content (AvgIpc) is 2.54. The van der Waals surface area contributed by atoms with Gasteiger partial charge in [0.25, 0.3) is 0 Å². The van der Waals surface area contributed by atoms with E-state index in [2.05, 4.69) is 24.4 Å². The first kappa shape index (κ1) is 16.3. The van der Waals surface area contributed by atoms with Crippen molar-refractivity contribution in [2.24, 2.45) is 0 Å². The molecule has 4 nitrogen and oxygen atoms in total. The fourth-order valence-corrected chi connectivity index (χ4v) is 3.18. The van der Waals surface area contributed by atoms with Crippen molar-refractivity contribution in [3.05, 3.63) is 29.8 Å². The molecule has 1 N–H and O–H groups in total. The van der Waals surface area contributed by atoms with Gasteiger partial charge in [-0.2, -0.15) is 0 Å². The molecule has 21 heavy (non-hydrogen) atoms. The zero-order valence-corrected chi connectivity index (χ0v) is 13.4. The van der Waals surface area contributed by atoms with Gasteiger partial charge in [-0.05, 0) is 38.1 Å². The Bertz CT molecular complexity index is 424. The van der Waals surface area contributed by atoms with Crippen molar-refractivity contribution in [2.45, 2.75) is 37.8 Å². The zero-order valence-electron chi connectivity index (χ0n) is 13.4. The Kier molecular flexibility index (Phi) is 6.03. The van der Waals surface area contributed by atoms with Gasteiger partial charge in [0, 0.05) is 38.7 Å². The lowest BCUT2D eigenvalue weighted by Gasteiger charge is -2.43. The van der Waals surface area contributed by atoms with Crippen molar-refractivity contribution in [1.82, 2.24) is 5.32 Å². The molecule has 0 amide bonds. The third kappa shape index (κ3) is 3.96. The fourth-order valence-electron chi connectivity index (χ4n) is 3.18. The maximum atomic E-state index is 6.18. The number of hydrogen-bond donors (Lipinski definition) is 1. The number of likely N-dealkylation sites (N-methyl/N-ethyl adjacent to an activating group) is 1. The van der Waals surface area contributed by atoms with Crippen LogP contribution in [0.2, 0.25) is 0 Å². The highest BCUT2D eigenvalue weighted by Crippen LogP contribution is 2.31. The summed E-state index contributed by atoms with van der Waals surface area (Å²) in [5, 5.41) is 3.46. The van der Waals surface area contributed by atoms with Crippen molar-refractivity contribution in [2.75, 3.05) is 34.0 Å². The molecule has 1 aromatic carbocycles. The third-order valence-corrected chi connectivity index (χ3v) is 4.33. The maximum Gasteiger partial charge on any atom is 0.119 e. The molecule has 1 aromatic rings. The molecule has 0 spiro atoms. The summed E-state index contributed by atoms with van der Waals surface area (Å²) in [6.07, 6.45) is 2.81. The van der Waals surface area contributed by atoms with Crippen molar-refractivity contribution in [1.29, 1.82) is 0 Å². The lowest BCUT2D eigenvalue weighted by atomic mass is 9.82. The largest absolute Gasteiger partial charge is 0.497 e. The second-order valence-corrected chi connectivity index (χ2v) is 5.51. The summed E-state index contributed by atoms with van der Waals surface area (Å²) in [7, 11) is 3.72. The molecule has 1 atom stereocenters. The second kappa shape index (κ2) is 7.78. The Morgan fingerprint density at radius 1 is 1.33 bits per heavy atom. The van der Waals surface area contributed by atoms with E-state index < -0.39 is 0 Å². The van der Waals surface area contributed by atoms with Crippen LogP contribution in [0.25, 0.3) is 0 Å². The number of methoxy groups -OCH3 is 1. The van der Waals surface area contributed by atoms with E-state index in [0.29, 0.717) is 0 Å². The standard InChI is InChI=1S/C17H27NO3/c1-4-21-17(8-10-20-11-9-17)16(18-2)13-14-6-5-7-15(12-14)19-3/h5-7,12,16,18H,4,8-11,13H2,1-3H3. The molecule has 0 bridgehead atoms. The monoisotopic (exact) mass is 293 g/mol. The average molecular weight is 293 g/mol. The molecule has 0 radical (unpaired) electrons. The van der Waals surface area contributed by atoms with Crippen molar-refractivity contribution in [3.63, 3.8) is 0 Å². The predicted octanol–water partition coefficient (Wildman–Crippen LogP) is 2.41. The van der Waals surface area contributed by atoms with Gasteiger partial charge >= 0.3 is 0 Å². The minimum absolute atomic E-state index is 0.134. The summed E-state index contributed by atoms with van der Waals surface area (Å²) in [6.45, 7) is 4.35. The predicted molar refractivity (Wildman–Crippen MR) is 84.0 cm³/mol. The Labute approximate surface area is 127 Å². The van der Waals surface area contributed by atoms with E-state index in [1.165, 1.54) is 5.56 Å². The summed E-state index contributed by atoms with van der Waals surface area (Å²) >= 11 is 0. The van der Waals surface area contributed by atoms with Gasteiger partial charge in [-0.15, -0.1) is 0 Å². The van der Waals surface area contributed by atoms with Crippen LogP contribution in [0.3, 0.4) is 0 Å². The molecule has 2 rings (SSSR count). The van der Waals surface area contributed by atoms with Crippen LogP contribution in [0.5, 0.6) is 5.75 Å². The van der Waals surface area contributed by atoms with Gasteiger partial charge in [0.05, 0.1) is 12.7 Å².